The summed E-state index contributed by atoms with van der Waals surface area (Å²) in [6, 6.07) is 0. The Kier molecular flexibility index (Phi) is 17.7. The molecule has 0 aromatic rings. The summed E-state index contributed by atoms with van der Waals surface area (Å²) in [6.07, 6.45) is 2.21. The van der Waals surface area contributed by atoms with Gasteiger partial charge in [-0.2, -0.15) is 0 Å². The van der Waals surface area contributed by atoms with E-state index in [-0.39, 0.29) is 12.5 Å². The molecule has 0 heterocycles. The van der Waals surface area contributed by atoms with Gasteiger partial charge in [0.25, 0.3) is 0 Å². The zero-order chi connectivity index (χ0) is 16.3. The largest absolute Gasteiger partial charge is 0.382 e. The SMILES string of the molecule is CCCCOCCOCCNC(=O)COCCOCCOC. The molecule has 0 saturated carbocycles. The Bertz CT molecular complexity index is 240. The minimum absolute atomic E-state index is 0.0355. The van der Waals surface area contributed by atoms with Crippen LogP contribution in [0.5, 0.6) is 0 Å². The zero-order valence-electron chi connectivity index (χ0n) is 13.9. The van der Waals surface area contributed by atoms with E-state index in [2.05, 4.69) is 12.2 Å². The van der Waals surface area contributed by atoms with Crippen molar-refractivity contribution in [3.63, 3.8) is 0 Å². The summed E-state index contributed by atoms with van der Waals surface area (Å²) in [4.78, 5) is 11.4. The summed E-state index contributed by atoms with van der Waals surface area (Å²) in [5.74, 6) is -0.153. The number of carbonyl (C=O) groups is 1. The van der Waals surface area contributed by atoms with Gasteiger partial charge in [0.15, 0.2) is 0 Å². The highest BCUT2D eigenvalue weighted by atomic mass is 16.5. The first kappa shape index (κ1) is 21.3. The van der Waals surface area contributed by atoms with Gasteiger partial charge in [-0.05, 0) is 6.42 Å². The predicted octanol–water partition coefficient (Wildman–Crippen LogP) is 0.616. The lowest BCUT2D eigenvalue weighted by atomic mass is 10.4. The van der Waals surface area contributed by atoms with E-state index in [0.29, 0.717) is 52.8 Å². The van der Waals surface area contributed by atoms with Gasteiger partial charge in [0.05, 0.1) is 46.2 Å². The second-order valence-corrected chi connectivity index (χ2v) is 4.59. The van der Waals surface area contributed by atoms with Crippen LogP contribution in [0.3, 0.4) is 0 Å². The first-order valence-corrected chi connectivity index (χ1v) is 7.87. The highest BCUT2D eigenvalue weighted by Gasteiger charge is 2.00. The molecule has 0 aliphatic rings. The molecule has 0 spiro atoms. The number of carbonyl (C=O) groups excluding carboxylic acids is 1. The third-order valence-electron chi connectivity index (χ3n) is 2.62. The van der Waals surface area contributed by atoms with Gasteiger partial charge < -0.3 is 29.0 Å². The lowest BCUT2D eigenvalue weighted by molar-refractivity contribution is -0.126. The molecule has 7 heteroatoms. The van der Waals surface area contributed by atoms with Gasteiger partial charge in [-0.25, -0.2) is 0 Å². The molecule has 0 bridgehead atoms. The Morgan fingerprint density at radius 3 is 2.09 bits per heavy atom. The second kappa shape index (κ2) is 18.3. The molecule has 0 unspecified atom stereocenters. The van der Waals surface area contributed by atoms with Crippen LogP contribution in [0.25, 0.3) is 0 Å². The van der Waals surface area contributed by atoms with E-state index < -0.39 is 0 Å². The van der Waals surface area contributed by atoms with Crippen molar-refractivity contribution in [3.05, 3.63) is 0 Å². The molecule has 1 N–H and O–H groups in total. The zero-order valence-corrected chi connectivity index (χ0v) is 13.9. The van der Waals surface area contributed by atoms with Gasteiger partial charge in [0.1, 0.15) is 6.61 Å². The highest BCUT2D eigenvalue weighted by molar-refractivity contribution is 5.77. The first-order valence-electron chi connectivity index (χ1n) is 7.87. The minimum atomic E-state index is -0.153. The Hall–Kier alpha value is -0.730. The Morgan fingerprint density at radius 1 is 0.818 bits per heavy atom. The molecule has 0 aromatic carbocycles. The predicted molar refractivity (Wildman–Crippen MR) is 83.1 cm³/mol. The molecule has 7 nitrogen and oxygen atoms in total. The molecule has 22 heavy (non-hydrogen) atoms. The fourth-order valence-corrected chi connectivity index (χ4v) is 1.41. The maximum absolute atomic E-state index is 11.4. The van der Waals surface area contributed by atoms with Crippen LogP contribution >= 0.6 is 0 Å². The van der Waals surface area contributed by atoms with Crippen molar-refractivity contribution < 1.29 is 28.5 Å². The highest BCUT2D eigenvalue weighted by Crippen LogP contribution is 1.87. The van der Waals surface area contributed by atoms with Crippen molar-refractivity contribution in [3.8, 4) is 0 Å². The quantitative estimate of drug-likeness (QED) is 0.396. The van der Waals surface area contributed by atoms with E-state index in [1.165, 1.54) is 0 Å². The van der Waals surface area contributed by atoms with E-state index >= 15 is 0 Å². The fraction of sp³-hybridized carbons (Fsp3) is 0.933. The summed E-state index contributed by atoms with van der Waals surface area (Å²) >= 11 is 0. The Labute approximate surface area is 133 Å². The molecule has 0 radical (unpaired) electrons. The van der Waals surface area contributed by atoms with Gasteiger partial charge in [-0.3, -0.25) is 4.79 Å². The molecule has 0 saturated heterocycles. The van der Waals surface area contributed by atoms with Gasteiger partial charge in [0, 0.05) is 20.3 Å². The van der Waals surface area contributed by atoms with Gasteiger partial charge in [0.2, 0.25) is 5.91 Å². The number of hydrogen-bond acceptors (Lipinski definition) is 6. The molecular formula is C15H31NO6. The van der Waals surface area contributed by atoms with E-state index in [9.17, 15) is 4.79 Å². The van der Waals surface area contributed by atoms with Gasteiger partial charge >= 0.3 is 0 Å². The van der Waals surface area contributed by atoms with Crippen molar-refractivity contribution in [2.24, 2.45) is 0 Å². The summed E-state index contributed by atoms with van der Waals surface area (Å²) < 4.78 is 25.9. The van der Waals surface area contributed by atoms with Crippen molar-refractivity contribution >= 4 is 5.91 Å². The van der Waals surface area contributed by atoms with Crippen LogP contribution < -0.4 is 5.32 Å². The van der Waals surface area contributed by atoms with Crippen LogP contribution in [0.15, 0.2) is 0 Å². The van der Waals surface area contributed by atoms with Crippen LogP contribution in [-0.2, 0) is 28.5 Å². The molecule has 132 valence electrons. The molecule has 0 aliphatic carbocycles. The maximum Gasteiger partial charge on any atom is 0.246 e. The Balaban J connectivity index is 3.13. The van der Waals surface area contributed by atoms with Crippen LogP contribution in [0.1, 0.15) is 19.8 Å². The molecule has 0 fully saturated rings. The normalized spacial score (nSPS) is 10.8. The molecule has 0 aliphatic heterocycles. The number of rotatable bonds is 17. The third kappa shape index (κ3) is 17.3. The summed E-state index contributed by atoms with van der Waals surface area (Å²) in [5.41, 5.74) is 0. The van der Waals surface area contributed by atoms with E-state index in [4.69, 9.17) is 23.7 Å². The maximum atomic E-state index is 11.4. The third-order valence-corrected chi connectivity index (χ3v) is 2.62. The van der Waals surface area contributed by atoms with Gasteiger partial charge in [-0.15, -0.1) is 0 Å². The van der Waals surface area contributed by atoms with Gasteiger partial charge in [-0.1, -0.05) is 13.3 Å². The minimum Gasteiger partial charge on any atom is -0.382 e. The fourth-order valence-electron chi connectivity index (χ4n) is 1.41. The van der Waals surface area contributed by atoms with Crippen molar-refractivity contribution in [2.45, 2.75) is 19.8 Å². The van der Waals surface area contributed by atoms with Crippen LogP contribution in [-0.4, -0.2) is 79.0 Å². The molecule has 1 amide bonds. The topological polar surface area (TPSA) is 75.3 Å². The van der Waals surface area contributed by atoms with Crippen molar-refractivity contribution in [2.75, 3.05) is 73.1 Å². The molecule has 0 atom stereocenters. The lowest BCUT2D eigenvalue weighted by Gasteiger charge is -2.08. The number of amides is 1. The van der Waals surface area contributed by atoms with E-state index in [1.54, 1.807) is 7.11 Å². The number of ether oxygens (including phenoxy) is 5. The Morgan fingerprint density at radius 2 is 1.41 bits per heavy atom. The van der Waals surface area contributed by atoms with Crippen molar-refractivity contribution in [1.29, 1.82) is 0 Å². The van der Waals surface area contributed by atoms with Crippen molar-refractivity contribution in [1.82, 2.24) is 5.32 Å². The number of nitrogens with one attached hydrogen (secondary N) is 1. The first-order chi connectivity index (χ1) is 10.8. The number of methoxy groups -OCH3 is 1. The summed E-state index contributed by atoms with van der Waals surface area (Å²) in [6.45, 7) is 6.98. The number of hydrogen-bond donors (Lipinski definition) is 1. The van der Waals surface area contributed by atoms with Crippen LogP contribution in [0.4, 0.5) is 0 Å². The average molecular weight is 321 g/mol. The smallest absolute Gasteiger partial charge is 0.246 e. The monoisotopic (exact) mass is 321 g/mol. The molecule has 0 aromatic heterocycles. The summed E-state index contributed by atoms with van der Waals surface area (Å²) in [7, 11) is 1.62. The standard InChI is InChI=1S/C15H31NO6/c1-3-4-6-19-10-11-20-7-5-16-15(17)14-22-13-12-21-9-8-18-2/h3-14H2,1-2H3,(H,16,17). The van der Waals surface area contributed by atoms with Crippen LogP contribution in [0, 0.1) is 0 Å². The van der Waals surface area contributed by atoms with E-state index in [1.807, 2.05) is 0 Å². The average Bonchev–Trinajstić information content (AvgIpc) is 2.52. The lowest BCUT2D eigenvalue weighted by Crippen LogP contribution is -2.31. The summed E-state index contributed by atoms with van der Waals surface area (Å²) in [5, 5.41) is 2.71. The molecular weight excluding hydrogens is 290 g/mol. The van der Waals surface area contributed by atoms with Crippen LogP contribution in [0.2, 0.25) is 0 Å². The van der Waals surface area contributed by atoms with E-state index in [0.717, 1.165) is 19.4 Å². The number of unbranched alkanes of at least 4 members (excludes halogenated alkanes) is 1. The molecule has 0 rings (SSSR count). The second-order valence-electron chi connectivity index (χ2n) is 4.59.